The fraction of sp³-hybridized carbons (Fsp3) is 0.156. The summed E-state index contributed by atoms with van der Waals surface area (Å²) in [6.07, 6.45) is 2.13. The zero-order chi connectivity index (χ0) is 27.3. The minimum absolute atomic E-state index is 0.0476. The quantitative estimate of drug-likeness (QED) is 0.187. The van der Waals surface area contributed by atoms with Gasteiger partial charge in [0, 0.05) is 35.6 Å². The third-order valence-corrected chi connectivity index (χ3v) is 6.02. The highest BCUT2D eigenvalue weighted by Gasteiger charge is 2.07. The Morgan fingerprint density at radius 2 is 0.923 bits per heavy atom. The molecule has 198 valence electrons. The molecule has 0 unspecified atom stereocenters. The van der Waals surface area contributed by atoms with Crippen LogP contribution in [0.2, 0.25) is 0 Å². The van der Waals surface area contributed by atoms with Gasteiger partial charge in [-0.15, -0.1) is 0 Å². The second-order valence-electron chi connectivity index (χ2n) is 9.13. The van der Waals surface area contributed by atoms with Crippen LogP contribution in [0.25, 0.3) is 0 Å². The Bertz CT molecular complexity index is 1370. The summed E-state index contributed by atoms with van der Waals surface area (Å²) in [7, 11) is 0. The smallest absolute Gasteiger partial charge is 0.243 e. The number of hydrogen-bond donors (Lipinski definition) is 4. The lowest BCUT2D eigenvalue weighted by Crippen LogP contribution is -2.22. The molecule has 0 heterocycles. The lowest BCUT2D eigenvalue weighted by molar-refractivity contribution is -0.117. The molecular formula is C32H32N4O3. The van der Waals surface area contributed by atoms with Gasteiger partial charge in [-0.05, 0) is 66.4 Å². The van der Waals surface area contributed by atoms with Gasteiger partial charge in [0.1, 0.15) is 0 Å². The van der Waals surface area contributed by atoms with Crippen molar-refractivity contribution in [2.75, 3.05) is 27.8 Å². The summed E-state index contributed by atoms with van der Waals surface area (Å²) < 4.78 is 0. The van der Waals surface area contributed by atoms with Crippen molar-refractivity contribution in [2.45, 2.75) is 25.7 Å². The van der Waals surface area contributed by atoms with E-state index in [9.17, 15) is 14.4 Å². The number of aryl methyl sites for hydroxylation is 2. The van der Waals surface area contributed by atoms with E-state index in [1.54, 1.807) is 36.4 Å². The highest BCUT2D eigenvalue weighted by Crippen LogP contribution is 2.17. The van der Waals surface area contributed by atoms with Crippen LogP contribution in [0.5, 0.6) is 0 Å². The minimum Gasteiger partial charge on any atom is -0.376 e. The van der Waals surface area contributed by atoms with Gasteiger partial charge in [-0.2, -0.15) is 0 Å². The van der Waals surface area contributed by atoms with Crippen LogP contribution < -0.4 is 21.3 Å². The SMILES string of the molecule is O=C(CCc1ccccc1)Nc1ccc(NCC(=O)Nc2cccc(NC(=O)CCc3ccccc3)c2)cc1. The topological polar surface area (TPSA) is 99.3 Å². The summed E-state index contributed by atoms with van der Waals surface area (Å²) in [5.74, 6) is -0.353. The van der Waals surface area contributed by atoms with E-state index in [2.05, 4.69) is 21.3 Å². The molecular weight excluding hydrogens is 488 g/mol. The van der Waals surface area contributed by atoms with Crippen molar-refractivity contribution in [1.29, 1.82) is 0 Å². The van der Waals surface area contributed by atoms with Gasteiger partial charge in [0.2, 0.25) is 17.7 Å². The Morgan fingerprint density at radius 3 is 1.46 bits per heavy atom. The Balaban J connectivity index is 1.18. The van der Waals surface area contributed by atoms with Crippen LogP contribution in [0, 0.1) is 0 Å². The number of benzene rings is 4. The Kier molecular flexibility index (Phi) is 9.84. The maximum atomic E-state index is 12.5. The van der Waals surface area contributed by atoms with Crippen LogP contribution in [0.4, 0.5) is 22.7 Å². The summed E-state index contributed by atoms with van der Waals surface area (Å²) in [6.45, 7) is 0.0659. The molecule has 3 amide bonds. The van der Waals surface area contributed by atoms with E-state index in [4.69, 9.17) is 0 Å². The van der Waals surface area contributed by atoms with Crippen molar-refractivity contribution in [1.82, 2.24) is 0 Å². The molecule has 39 heavy (non-hydrogen) atoms. The van der Waals surface area contributed by atoms with Gasteiger partial charge in [-0.1, -0.05) is 66.7 Å². The second kappa shape index (κ2) is 14.1. The van der Waals surface area contributed by atoms with E-state index >= 15 is 0 Å². The normalized spacial score (nSPS) is 10.4. The molecule has 4 N–H and O–H groups in total. The number of carbonyl (C=O) groups excluding carboxylic acids is 3. The van der Waals surface area contributed by atoms with E-state index in [-0.39, 0.29) is 24.3 Å². The molecule has 0 aromatic heterocycles. The molecule has 0 aliphatic carbocycles. The van der Waals surface area contributed by atoms with Crippen LogP contribution in [-0.2, 0) is 27.2 Å². The third-order valence-electron chi connectivity index (χ3n) is 6.02. The molecule has 0 bridgehead atoms. The second-order valence-corrected chi connectivity index (χ2v) is 9.13. The average molecular weight is 521 g/mol. The molecule has 7 heteroatoms. The first-order chi connectivity index (χ1) is 19.0. The number of carbonyl (C=O) groups is 3. The molecule has 0 radical (unpaired) electrons. The Labute approximate surface area is 228 Å². The van der Waals surface area contributed by atoms with Gasteiger partial charge in [0.15, 0.2) is 0 Å². The summed E-state index contributed by atoms with van der Waals surface area (Å²) in [6, 6.07) is 34.0. The number of nitrogens with one attached hydrogen (secondary N) is 4. The van der Waals surface area contributed by atoms with E-state index in [1.165, 1.54) is 0 Å². The molecule has 0 atom stereocenters. The number of amides is 3. The predicted octanol–water partition coefficient (Wildman–Crippen LogP) is 5.88. The maximum Gasteiger partial charge on any atom is 0.243 e. The zero-order valence-corrected chi connectivity index (χ0v) is 21.7. The lowest BCUT2D eigenvalue weighted by Gasteiger charge is -2.11. The van der Waals surface area contributed by atoms with Gasteiger partial charge in [0.05, 0.1) is 6.54 Å². The highest BCUT2D eigenvalue weighted by atomic mass is 16.2. The van der Waals surface area contributed by atoms with Crippen molar-refractivity contribution >= 4 is 40.5 Å². The van der Waals surface area contributed by atoms with Crippen molar-refractivity contribution in [3.05, 3.63) is 120 Å². The monoisotopic (exact) mass is 520 g/mol. The molecule has 7 nitrogen and oxygen atoms in total. The van der Waals surface area contributed by atoms with E-state index in [0.717, 1.165) is 16.8 Å². The largest absolute Gasteiger partial charge is 0.376 e. The van der Waals surface area contributed by atoms with Gasteiger partial charge in [-0.3, -0.25) is 14.4 Å². The highest BCUT2D eigenvalue weighted by molar-refractivity contribution is 5.96. The van der Waals surface area contributed by atoms with Crippen molar-refractivity contribution < 1.29 is 14.4 Å². The molecule has 0 saturated carbocycles. The first-order valence-corrected chi connectivity index (χ1v) is 12.9. The molecule has 0 aliphatic rings. The summed E-state index contributed by atoms with van der Waals surface area (Å²) in [5, 5.41) is 11.7. The Hall–Kier alpha value is -4.91. The molecule has 4 aromatic rings. The first kappa shape index (κ1) is 27.1. The number of anilines is 4. The predicted molar refractivity (Wildman–Crippen MR) is 157 cm³/mol. The molecule has 4 aromatic carbocycles. The summed E-state index contributed by atoms with van der Waals surface area (Å²) in [5.41, 5.74) is 4.91. The van der Waals surface area contributed by atoms with E-state index in [1.807, 2.05) is 72.8 Å². The standard InChI is InChI=1S/C32H32N4O3/c37-30(20-14-24-8-3-1-4-9-24)34-27-18-16-26(17-19-27)33-23-32(39)36-29-13-7-12-28(22-29)35-31(38)21-15-25-10-5-2-6-11-25/h1-13,16-19,22,33H,14-15,20-21,23H2,(H,34,37)(H,35,38)(H,36,39). The number of hydrogen-bond acceptors (Lipinski definition) is 4. The maximum absolute atomic E-state index is 12.5. The van der Waals surface area contributed by atoms with Crippen LogP contribution in [0.3, 0.4) is 0 Å². The average Bonchev–Trinajstić information content (AvgIpc) is 2.96. The van der Waals surface area contributed by atoms with Gasteiger partial charge in [0.25, 0.3) is 0 Å². The molecule has 0 aliphatic heterocycles. The Morgan fingerprint density at radius 1 is 0.462 bits per heavy atom. The van der Waals surface area contributed by atoms with Crippen LogP contribution >= 0.6 is 0 Å². The fourth-order valence-corrected chi connectivity index (χ4v) is 3.99. The molecule has 0 saturated heterocycles. The van der Waals surface area contributed by atoms with Crippen molar-refractivity contribution in [2.24, 2.45) is 0 Å². The van der Waals surface area contributed by atoms with E-state index < -0.39 is 0 Å². The van der Waals surface area contributed by atoms with Crippen LogP contribution in [-0.4, -0.2) is 24.3 Å². The lowest BCUT2D eigenvalue weighted by atomic mass is 10.1. The summed E-state index contributed by atoms with van der Waals surface area (Å²) >= 11 is 0. The molecule has 0 spiro atoms. The van der Waals surface area contributed by atoms with E-state index in [0.29, 0.717) is 42.7 Å². The van der Waals surface area contributed by atoms with Crippen LogP contribution in [0.15, 0.2) is 109 Å². The fourth-order valence-electron chi connectivity index (χ4n) is 3.99. The zero-order valence-electron chi connectivity index (χ0n) is 21.7. The van der Waals surface area contributed by atoms with Gasteiger partial charge in [-0.25, -0.2) is 0 Å². The first-order valence-electron chi connectivity index (χ1n) is 12.9. The van der Waals surface area contributed by atoms with Crippen LogP contribution in [0.1, 0.15) is 24.0 Å². The van der Waals surface area contributed by atoms with Crippen molar-refractivity contribution in [3.8, 4) is 0 Å². The molecule has 4 rings (SSSR count). The molecule has 0 fully saturated rings. The minimum atomic E-state index is -0.221. The van der Waals surface area contributed by atoms with Crippen molar-refractivity contribution in [3.63, 3.8) is 0 Å². The van der Waals surface area contributed by atoms with Gasteiger partial charge < -0.3 is 21.3 Å². The third kappa shape index (κ3) is 9.48. The summed E-state index contributed by atoms with van der Waals surface area (Å²) in [4.78, 5) is 37.0. The number of rotatable bonds is 12. The van der Waals surface area contributed by atoms with Gasteiger partial charge >= 0.3 is 0 Å².